The van der Waals surface area contributed by atoms with Crippen molar-refractivity contribution in [3.8, 4) is 0 Å². The summed E-state index contributed by atoms with van der Waals surface area (Å²) >= 11 is 0. The highest BCUT2D eigenvalue weighted by atomic mass is 28.3. The SMILES string of the molecule is C[SiH](C)OC(NCc1ccccc1)(C(=O)O)C(C)(C)C(C)(C)C. The third kappa shape index (κ3) is 4.22. The Hall–Kier alpha value is -1.17. The fraction of sp³-hybridized carbons (Fsp3) is 0.611. The van der Waals surface area contributed by atoms with E-state index in [0.29, 0.717) is 6.54 Å². The molecule has 4 nitrogen and oxygen atoms in total. The molecule has 23 heavy (non-hydrogen) atoms. The molecule has 2 N–H and O–H groups in total. The Bertz CT molecular complexity index is 523. The standard InChI is InChI=1S/C18H31NO3Si/c1-16(2,3)17(4,5)18(15(20)21,22-23(6)7)19-13-14-11-9-8-10-12-14/h8-12,19,23H,13H2,1-7H3,(H,20,21). The van der Waals surface area contributed by atoms with Gasteiger partial charge in [-0.1, -0.05) is 65.0 Å². The van der Waals surface area contributed by atoms with Gasteiger partial charge in [0, 0.05) is 12.0 Å². The van der Waals surface area contributed by atoms with E-state index in [1.54, 1.807) is 0 Å². The van der Waals surface area contributed by atoms with Crippen molar-refractivity contribution in [2.24, 2.45) is 10.8 Å². The lowest BCUT2D eigenvalue weighted by Gasteiger charge is -2.52. The first kappa shape index (κ1) is 19.9. The maximum absolute atomic E-state index is 12.3. The van der Waals surface area contributed by atoms with Gasteiger partial charge in [-0.2, -0.15) is 0 Å². The Labute approximate surface area is 142 Å². The Morgan fingerprint density at radius 3 is 2.04 bits per heavy atom. The van der Waals surface area contributed by atoms with Crippen molar-refractivity contribution >= 4 is 15.0 Å². The smallest absolute Gasteiger partial charge is 0.351 e. The van der Waals surface area contributed by atoms with Gasteiger partial charge in [0.2, 0.25) is 5.72 Å². The molecule has 5 heteroatoms. The summed E-state index contributed by atoms with van der Waals surface area (Å²) in [6, 6.07) is 9.82. The maximum Gasteiger partial charge on any atom is 0.351 e. The molecule has 0 aliphatic rings. The number of hydrogen-bond acceptors (Lipinski definition) is 3. The van der Waals surface area contributed by atoms with Crippen LogP contribution in [0.4, 0.5) is 0 Å². The fourth-order valence-electron chi connectivity index (χ4n) is 2.51. The van der Waals surface area contributed by atoms with Crippen molar-refractivity contribution in [1.29, 1.82) is 0 Å². The zero-order valence-electron chi connectivity index (χ0n) is 15.4. The molecule has 0 bridgehead atoms. The molecule has 1 atom stereocenters. The maximum atomic E-state index is 12.3. The van der Waals surface area contributed by atoms with Gasteiger partial charge in [0.1, 0.15) is 0 Å². The van der Waals surface area contributed by atoms with E-state index in [9.17, 15) is 9.90 Å². The molecule has 0 aromatic heterocycles. The van der Waals surface area contributed by atoms with Crippen molar-refractivity contribution in [1.82, 2.24) is 5.32 Å². The van der Waals surface area contributed by atoms with E-state index >= 15 is 0 Å². The van der Waals surface area contributed by atoms with Gasteiger partial charge in [-0.15, -0.1) is 0 Å². The van der Waals surface area contributed by atoms with Crippen molar-refractivity contribution < 1.29 is 14.3 Å². The van der Waals surface area contributed by atoms with Gasteiger partial charge in [0.25, 0.3) is 0 Å². The third-order valence-corrected chi connectivity index (χ3v) is 5.68. The highest BCUT2D eigenvalue weighted by Crippen LogP contribution is 2.47. The Kier molecular flexibility index (Phi) is 6.18. The summed E-state index contributed by atoms with van der Waals surface area (Å²) in [7, 11) is -1.59. The minimum absolute atomic E-state index is 0.252. The quantitative estimate of drug-likeness (QED) is 0.589. The molecule has 0 saturated carbocycles. The molecule has 0 spiro atoms. The molecule has 1 unspecified atom stereocenters. The number of carbonyl (C=O) groups is 1. The van der Waals surface area contributed by atoms with Gasteiger partial charge in [-0.05, 0) is 24.1 Å². The van der Waals surface area contributed by atoms with Crippen molar-refractivity contribution in [3.05, 3.63) is 35.9 Å². The van der Waals surface area contributed by atoms with Gasteiger partial charge in [0.05, 0.1) is 0 Å². The first-order valence-electron chi connectivity index (χ1n) is 8.14. The first-order chi connectivity index (χ1) is 10.4. The average molecular weight is 338 g/mol. The van der Waals surface area contributed by atoms with Crippen LogP contribution in [-0.4, -0.2) is 25.8 Å². The lowest BCUT2D eigenvalue weighted by molar-refractivity contribution is -0.186. The number of rotatable bonds is 7. The second-order valence-electron chi connectivity index (χ2n) is 7.87. The predicted molar refractivity (Wildman–Crippen MR) is 96.8 cm³/mol. The number of carboxylic acid groups (broad SMARTS) is 1. The van der Waals surface area contributed by atoms with Gasteiger partial charge < -0.3 is 9.53 Å². The summed E-state index contributed by atoms with van der Waals surface area (Å²) in [5, 5.41) is 13.3. The summed E-state index contributed by atoms with van der Waals surface area (Å²) in [5.74, 6) is -0.949. The normalized spacial score (nSPS) is 15.5. The number of aliphatic carboxylic acids is 1. The van der Waals surface area contributed by atoms with E-state index in [1.165, 1.54) is 0 Å². The molecule has 1 aromatic rings. The highest BCUT2D eigenvalue weighted by Gasteiger charge is 2.58. The molecule has 0 heterocycles. The van der Waals surface area contributed by atoms with Gasteiger partial charge in [-0.25, -0.2) is 4.79 Å². The van der Waals surface area contributed by atoms with Gasteiger partial charge >= 0.3 is 5.97 Å². The molecule has 0 fully saturated rings. The van der Waals surface area contributed by atoms with Crippen molar-refractivity contribution in [2.75, 3.05) is 0 Å². The lowest BCUT2D eigenvalue weighted by atomic mass is 9.63. The minimum Gasteiger partial charge on any atom is -0.478 e. The summed E-state index contributed by atoms with van der Waals surface area (Å²) in [6.07, 6.45) is 0. The number of nitrogens with one attached hydrogen (secondary N) is 1. The highest BCUT2D eigenvalue weighted by molar-refractivity contribution is 6.48. The number of benzene rings is 1. The van der Waals surface area contributed by atoms with Crippen LogP contribution in [0, 0.1) is 10.8 Å². The molecular formula is C18H31NO3Si. The number of carboxylic acids is 1. The van der Waals surface area contributed by atoms with Crippen LogP contribution in [0.3, 0.4) is 0 Å². The average Bonchev–Trinajstić information content (AvgIpc) is 2.42. The Balaban J connectivity index is 3.26. The van der Waals surface area contributed by atoms with Crippen LogP contribution in [-0.2, 0) is 15.8 Å². The molecule has 0 amide bonds. The van der Waals surface area contributed by atoms with Crippen molar-refractivity contribution in [2.45, 2.75) is 60.0 Å². The van der Waals surface area contributed by atoms with E-state index in [4.69, 9.17) is 4.43 Å². The van der Waals surface area contributed by atoms with Crippen LogP contribution >= 0.6 is 0 Å². The summed E-state index contributed by atoms with van der Waals surface area (Å²) in [6.45, 7) is 14.6. The van der Waals surface area contributed by atoms with E-state index < -0.39 is 26.1 Å². The van der Waals surface area contributed by atoms with E-state index in [2.05, 4.69) is 26.1 Å². The molecule has 0 saturated heterocycles. The first-order valence-corrected chi connectivity index (χ1v) is 10.9. The van der Waals surface area contributed by atoms with Crippen LogP contribution < -0.4 is 5.32 Å². The van der Waals surface area contributed by atoms with Crippen LogP contribution in [0.2, 0.25) is 13.1 Å². The molecule has 0 aliphatic carbocycles. The second-order valence-corrected chi connectivity index (χ2v) is 10.2. The summed E-state index contributed by atoms with van der Waals surface area (Å²) < 4.78 is 6.14. The lowest BCUT2D eigenvalue weighted by Crippen LogP contribution is -2.67. The summed E-state index contributed by atoms with van der Waals surface area (Å²) in [5.41, 5.74) is -1.24. The molecule has 0 aliphatic heterocycles. The molecule has 1 aromatic carbocycles. The third-order valence-electron chi connectivity index (χ3n) is 4.85. The summed E-state index contributed by atoms with van der Waals surface area (Å²) in [4.78, 5) is 12.3. The monoisotopic (exact) mass is 337 g/mol. The second kappa shape index (κ2) is 7.15. The minimum atomic E-state index is -1.59. The zero-order chi connectivity index (χ0) is 17.9. The molecule has 130 valence electrons. The Morgan fingerprint density at radius 1 is 1.13 bits per heavy atom. The van der Waals surface area contributed by atoms with E-state index in [-0.39, 0.29) is 5.41 Å². The van der Waals surface area contributed by atoms with E-state index in [0.717, 1.165) is 5.56 Å². The van der Waals surface area contributed by atoms with Crippen LogP contribution in [0.15, 0.2) is 30.3 Å². The van der Waals surface area contributed by atoms with Gasteiger partial charge in [0.15, 0.2) is 9.04 Å². The zero-order valence-corrected chi connectivity index (χ0v) is 16.6. The molecular weight excluding hydrogens is 306 g/mol. The molecule has 0 radical (unpaired) electrons. The molecule has 1 rings (SSSR count). The predicted octanol–water partition coefficient (Wildman–Crippen LogP) is 3.63. The fourth-order valence-corrected chi connectivity index (χ4v) is 3.69. The van der Waals surface area contributed by atoms with Gasteiger partial charge in [-0.3, -0.25) is 5.32 Å². The number of hydrogen-bond donors (Lipinski definition) is 2. The van der Waals surface area contributed by atoms with Crippen LogP contribution in [0.5, 0.6) is 0 Å². The Morgan fingerprint density at radius 2 is 1.65 bits per heavy atom. The van der Waals surface area contributed by atoms with Crippen molar-refractivity contribution in [3.63, 3.8) is 0 Å². The van der Waals surface area contributed by atoms with Crippen LogP contribution in [0.25, 0.3) is 0 Å². The topological polar surface area (TPSA) is 58.6 Å². The van der Waals surface area contributed by atoms with Crippen LogP contribution in [0.1, 0.15) is 40.2 Å². The van der Waals surface area contributed by atoms with E-state index in [1.807, 2.05) is 57.3 Å². The largest absolute Gasteiger partial charge is 0.478 e.